The van der Waals surface area contributed by atoms with Crippen molar-refractivity contribution in [3.05, 3.63) is 68.4 Å². The van der Waals surface area contributed by atoms with E-state index in [1.807, 2.05) is 0 Å². The monoisotopic (exact) mass is 350 g/mol. The van der Waals surface area contributed by atoms with Crippen LogP contribution in [0.25, 0.3) is 11.1 Å². The van der Waals surface area contributed by atoms with Crippen LogP contribution in [0, 0.1) is 5.82 Å². The van der Waals surface area contributed by atoms with E-state index in [2.05, 4.69) is 15.9 Å². The van der Waals surface area contributed by atoms with E-state index in [1.54, 1.807) is 37.4 Å². The lowest BCUT2D eigenvalue weighted by atomic mass is 9.99. The standard InChI is InChI=1S/C15H12BrFN2O2/c1-19-12-5-2-8(6-13(12)21-15(19)20)14(18)10-7-9(16)3-4-11(10)17/h2-7,14H,18H2,1H3. The van der Waals surface area contributed by atoms with Gasteiger partial charge in [-0.3, -0.25) is 4.57 Å². The second-order valence-corrected chi connectivity index (χ2v) is 5.71. The van der Waals surface area contributed by atoms with Gasteiger partial charge < -0.3 is 10.2 Å². The van der Waals surface area contributed by atoms with Gasteiger partial charge in [-0.1, -0.05) is 22.0 Å². The Kier molecular flexibility index (Phi) is 3.43. The number of halogens is 2. The van der Waals surface area contributed by atoms with Crippen molar-refractivity contribution >= 4 is 27.0 Å². The minimum absolute atomic E-state index is 0.375. The molecule has 0 bridgehead atoms. The van der Waals surface area contributed by atoms with Crippen LogP contribution in [-0.2, 0) is 7.05 Å². The van der Waals surface area contributed by atoms with Crippen LogP contribution >= 0.6 is 15.9 Å². The number of fused-ring (bicyclic) bond motifs is 1. The summed E-state index contributed by atoms with van der Waals surface area (Å²) in [4.78, 5) is 11.5. The Morgan fingerprint density at radius 2 is 2.05 bits per heavy atom. The number of aryl methyl sites for hydroxylation is 1. The van der Waals surface area contributed by atoms with E-state index >= 15 is 0 Å². The highest BCUT2D eigenvalue weighted by molar-refractivity contribution is 9.10. The van der Waals surface area contributed by atoms with Crippen molar-refractivity contribution in [3.63, 3.8) is 0 Å². The maximum atomic E-state index is 13.9. The molecule has 108 valence electrons. The predicted octanol–water partition coefficient (Wildman–Crippen LogP) is 3.08. The number of hydrogen-bond acceptors (Lipinski definition) is 3. The fourth-order valence-corrected chi connectivity index (χ4v) is 2.66. The number of nitrogens with zero attached hydrogens (tertiary/aromatic N) is 1. The summed E-state index contributed by atoms with van der Waals surface area (Å²) < 4.78 is 21.2. The largest absolute Gasteiger partial charge is 0.419 e. The molecule has 6 heteroatoms. The molecule has 0 aliphatic heterocycles. The molecule has 3 rings (SSSR count). The normalized spacial score (nSPS) is 12.8. The third-order valence-corrected chi connectivity index (χ3v) is 3.96. The minimum Gasteiger partial charge on any atom is -0.408 e. The number of benzene rings is 2. The van der Waals surface area contributed by atoms with Crippen molar-refractivity contribution in [2.24, 2.45) is 12.8 Å². The third kappa shape index (κ3) is 2.41. The van der Waals surface area contributed by atoms with Crippen LogP contribution < -0.4 is 11.5 Å². The molecule has 21 heavy (non-hydrogen) atoms. The highest BCUT2D eigenvalue weighted by Crippen LogP contribution is 2.27. The topological polar surface area (TPSA) is 61.2 Å². The van der Waals surface area contributed by atoms with E-state index in [0.717, 1.165) is 4.47 Å². The average Bonchev–Trinajstić information content (AvgIpc) is 2.75. The summed E-state index contributed by atoms with van der Waals surface area (Å²) in [6.07, 6.45) is 0. The molecule has 0 saturated heterocycles. The molecular weight excluding hydrogens is 339 g/mol. The van der Waals surface area contributed by atoms with Crippen LogP contribution in [0.15, 0.2) is 50.1 Å². The predicted molar refractivity (Wildman–Crippen MR) is 81.6 cm³/mol. The van der Waals surface area contributed by atoms with Gasteiger partial charge in [0.2, 0.25) is 0 Å². The fourth-order valence-electron chi connectivity index (χ4n) is 2.28. The van der Waals surface area contributed by atoms with Gasteiger partial charge in [-0.15, -0.1) is 0 Å². The zero-order valence-electron chi connectivity index (χ0n) is 11.1. The molecule has 0 aliphatic carbocycles. The van der Waals surface area contributed by atoms with Gasteiger partial charge in [0.05, 0.1) is 11.6 Å². The van der Waals surface area contributed by atoms with Gasteiger partial charge >= 0.3 is 5.76 Å². The molecule has 2 aromatic carbocycles. The first-order valence-corrected chi connectivity index (χ1v) is 7.06. The lowest BCUT2D eigenvalue weighted by Crippen LogP contribution is -2.13. The Bertz CT molecular complexity index is 885. The highest BCUT2D eigenvalue weighted by Gasteiger charge is 2.16. The van der Waals surface area contributed by atoms with Crippen molar-refractivity contribution in [1.29, 1.82) is 0 Å². The fraction of sp³-hybridized carbons (Fsp3) is 0.133. The molecule has 3 aromatic rings. The van der Waals surface area contributed by atoms with Gasteiger partial charge in [0.15, 0.2) is 5.58 Å². The molecule has 4 nitrogen and oxygen atoms in total. The van der Waals surface area contributed by atoms with Crippen LogP contribution in [0.5, 0.6) is 0 Å². The summed E-state index contributed by atoms with van der Waals surface area (Å²) in [7, 11) is 1.63. The van der Waals surface area contributed by atoms with Crippen molar-refractivity contribution < 1.29 is 8.81 Å². The van der Waals surface area contributed by atoms with Crippen molar-refractivity contribution in [2.75, 3.05) is 0 Å². The molecule has 1 unspecified atom stereocenters. The van der Waals surface area contributed by atoms with Crippen molar-refractivity contribution in [1.82, 2.24) is 4.57 Å². The number of hydrogen-bond donors (Lipinski definition) is 1. The summed E-state index contributed by atoms with van der Waals surface area (Å²) in [5, 5.41) is 0. The zero-order valence-corrected chi connectivity index (χ0v) is 12.7. The number of rotatable bonds is 2. The third-order valence-electron chi connectivity index (χ3n) is 3.47. The average molecular weight is 351 g/mol. The molecule has 0 saturated carbocycles. The maximum Gasteiger partial charge on any atom is 0.419 e. The Morgan fingerprint density at radius 1 is 1.29 bits per heavy atom. The van der Waals surface area contributed by atoms with E-state index in [-0.39, 0.29) is 5.82 Å². The van der Waals surface area contributed by atoms with E-state index in [0.29, 0.717) is 22.2 Å². The van der Waals surface area contributed by atoms with Gasteiger partial charge in [-0.05, 0) is 35.9 Å². The van der Waals surface area contributed by atoms with Crippen LogP contribution in [0.3, 0.4) is 0 Å². The van der Waals surface area contributed by atoms with Gasteiger partial charge in [-0.25, -0.2) is 9.18 Å². The summed E-state index contributed by atoms with van der Waals surface area (Å²) in [5.41, 5.74) is 8.29. The Morgan fingerprint density at radius 3 is 2.81 bits per heavy atom. The van der Waals surface area contributed by atoms with Crippen LogP contribution in [-0.4, -0.2) is 4.57 Å². The van der Waals surface area contributed by atoms with Gasteiger partial charge in [0, 0.05) is 17.1 Å². The Balaban J connectivity index is 2.11. The smallest absolute Gasteiger partial charge is 0.408 e. The number of nitrogens with two attached hydrogens (primary N) is 1. The second-order valence-electron chi connectivity index (χ2n) is 4.80. The molecule has 1 heterocycles. The second kappa shape index (κ2) is 5.13. The highest BCUT2D eigenvalue weighted by atomic mass is 79.9. The van der Waals surface area contributed by atoms with Crippen molar-refractivity contribution in [3.8, 4) is 0 Å². The molecule has 0 fully saturated rings. The molecular formula is C15H12BrFN2O2. The van der Waals surface area contributed by atoms with E-state index in [9.17, 15) is 9.18 Å². The Hall–Kier alpha value is -1.92. The van der Waals surface area contributed by atoms with Crippen LogP contribution in [0.2, 0.25) is 0 Å². The minimum atomic E-state index is -0.641. The van der Waals surface area contributed by atoms with Crippen LogP contribution in [0.4, 0.5) is 4.39 Å². The quantitative estimate of drug-likeness (QED) is 0.772. The van der Waals surface area contributed by atoms with E-state index in [4.69, 9.17) is 10.2 Å². The molecule has 0 aliphatic rings. The first kappa shape index (κ1) is 14.0. The summed E-state index contributed by atoms with van der Waals surface area (Å²) >= 11 is 3.30. The van der Waals surface area contributed by atoms with Gasteiger partial charge in [0.25, 0.3) is 0 Å². The summed E-state index contributed by atoms with van der Waals surface area (Å²) in [5.74, 6) is -0.815. The van der Waals surface area contributed by atoms with Crippen molar-refractivity contribution in [2.45, 2.75) is 6.04 Å². The lowest BCUT2D eigenvalue weighted by Gasteiger charge is -2.14. The lowest BCUT2D eigenvalue weighted by molar-refractivity contribution is 0.527. The molecule has 2 N–H and O–H groups in total. The molecule has 0 spiro atoms. The number of oxazole rings is 1. The van der Waals surface area contributed by atoms with E-state index < -0.39 is 11.8 Å². The molecule has 0 radical (unpaired) electrons. The van der Waals surface area contributed by atoms with E-state index in [1.165, 1.54) is 10.6 Å². The summed E-state index contributed by atoms with van der Waals surface area (Å²) in [6, 6.07) is 9.16. The first-order valence-electron chi connectivity index (χ1n) is 6.27. The molecule has 1 aromatic heterocycles. The van der Waals surface area contributed by atoms with Gasteiger partial charge in [0.1, 0.15) is 5.82 Å². The number of aromatic nitrogens is 1. The van der Waals surface area contributed by atoms with Crippen LogP contribution in [0.1, 0.15) is 17.2 Å². The molecule has 0 amide bonds. The zero-order chi connectivity index (χ0) is 15.1. The molecule has 1 atom stereocenters. The van der Waals surface area contributed by atoms with Gasteiger partial charge in [-0.2, -0.15) is 0 Å². The Labute approximate surface area is 128 Å². The SMILES string of the molecule is Cn1c(=O)oc2cc(C(N)c3cc(Br)ccc3F)ccc21. The summed E-state index contributed by atoms with van der Waals surface area (Å²) in [6.45, 7) is 0. The first-order chi connectivity index (χ1) is 9.97. The maximum absolute atomic E-state index is 13.9.